The smallest absolute Gasteiger partial charge is 0.201 e. The number of hydrogen-bond donors (Lipinski definition) is 1. The molecule has 3 rings (SSSR count). The molecule has 2 aliphatic rings. The number of benzene rings is 1. The minimum atomic E-state index is -0.934. The zero-order chi connectivity index (χ0) is 12.5. The minimum Gasteiger partial charge on any atom is -0.464 e. The van der Waals surface area contributed by atoms with Crippen LogP contribution in [0.3, 0.4) is 0 Å². The van der Waals surface area contributed by atoms with E-state index in [0.717, 1.165) is 32.2 Å². The predicted molar refractivity (Wildman–Crippen MR) is 60.1 cm³/mol. The van der Waals surface area contributed by atoms with Gasteiger partial charge in [-0.25, -0.2) is 4.39 Å². The van der Waals surface area contributed by atoms with E-state index in [0.29, 0.717) is 5.56 Å². The molecule has 2 heterocycles. The average molecular weight is 256 g/mol. The molecule has 0 spiro atoms. The lowest BCUT2D eigenvalue weighted by Crippen LogP contribution is -2.46. The second-order valence-electron chi connectivity index (χ2n) is 4.35. The summed E-state index contributed by atoms with van der Waals surface area (Å²) in [6.07, 6.45) is -0.356. The molecule has 0 aromatic heterocycles. The van der Waals surface area contributed by atoms with Crippen molar-refractivity contribution in [3.63, 3.8) is 0 Å². The zero-order valence-electron chi connectivity index (χ0n) is 9.79. The van der Waals surface area contributed by atoms with Crippen LogP contribution in [0, 0.1) is 11.6 Å². The van der Waals surface area contributed by atoms with Gasteiger partial charge in [0.15, 0.2) is 18.4 Å². The standard InChI is InChI=1S/C12H14F2N2O2/c13-9-2-1-8-11(10(9)14)17-7-18-12(8)16-5-3-15-4-6-16/h1-2,12,15H,3-7H2. The maximum absolute atomic E-state index is 13.6. The number of ether oxygens (including phenoxy) is 2. The number of nitrogens with zero attached hydrogens (tertiary/aromatic N) is 1. The van der Waals surface area contributed by atoms with Crippen LogP contribution in [0.1, 0.15) is 11.8 Å². The molecule has 0 amide bonds. The van der Waals surface area contributed by atoms with Crippen molar-refractivity contribution < 1.29 is 18.3 Å². The van der Waals surface area contributed by atoms with Crippen molar-refractivity contribution in [1.82, 2.24) is 10.2 Å². The zero-order valence-corrected chi connectivity index (χ0v) is 9.79. The molecule has 4 nitrogen and oxygen atoms in total. The fraction of sp³-hybridized carbons (Fsp3) is 0.500. The molecule has 1 aromatic carbocycles. The molecular formula is C12H14F2N2O2. The summed E-state index contributed by atoms with van der Waals surface area (Å²) < 4.78 is 37.4. The Morgan fingerprint density at radius 2 is 2.00 bits per heavy atom. The summed E-state index contributed by atoms with van der Waals surface area (Å²) >= 11 is 0. The Labute approximate surface area is 103 Å². The van der Waals surface area contributed by atoms with Gasteiger partial charge in [-0.1, -0.05) is 0 Å². The van der Waals surface area contributed by atoms with Gasteiger partial charge in [-0.3, -0.25) is 4.90 Å². The minimum absolute atomic E-state index is 0.0233. The van der Waals surface area contributed by atoms with Gasteiger partial charge >= 0.3 is 0 Å². The molecule has 0 aliphatic carbocycles. The predicted octanol–water partition coefficient (Wildman–Crippen LogP) is 1.24. The molecule has 0 saturated carbocycles. The van der Waals surface area contributed by atoms with Crippen LogP contribution < -0.4 is 10.1 Å². The van der Waals surface area contributed by atoms with Gasteiger partial charge in [-0.2, -0.15) is 4.39 Å². The second-order valence-corrected chi connectivity index (χ2v) is 4.35. The van der Waals surface area contributed by atoms with E-state index in [1.54, 1.807) is 0 Å². The van der Waals surface area contributed by atoms with E-state index < -0.39 is 11.6 Å². The van der Waals surface area contributed by atoms with Gasteiger partial charge in [-0.05, 0) is 12.1 Å². The van der Waals surface area contributed by atoms with Gasteiger partial charge < -0.3 is 14.8 Å². The van der Waals surface area contributed by atoms with Crippen LogP contribution >= 0.6 is 0 Å². The van der Waals surface area contributed by atoms with Crippen LogP contribution in [-0.2, 0) is 4.74 Å². The summed E-state index contributed by atoms with van der Waals surface area (Å²) in [5.74, 6) is -1.85. The third-order valence-corrected chi connectivity index (χ3v) is 3.26. The van der Waals surface area contributed by atoms with Crippen LogP contribution in [0.2, 0.25) is 0 Å². The molecule has 1 N–H and O–H groups in total. The Morgan fingerprint density at radius 3 is 2.78 bits per heavy atom. The monoisotopic (exact) mass is 256 g/mol. The first-order chi connectivity index (χ1) is 8.77. The van der Waals surface area contributed by atoms with Gasteiger partial charge in [0.25, 0.3) is 0 Å². The summed E-state index contributed by atoms with van der Waals surface area (Å²) in [5, 5.41) is 3.24. The summed E-state index contributed by atoms with van der Waals surface area (Å²) in [6.45, 7) is 3.29. The van der Waals surface area contributed by atoms with E-state index in [1.165, 1.54) is 6.07 Å². The fourth-order valence-corrected chi connectivity index (χ4v) is 2.35. The van der Waals surface area contributed by atoms with Crippen molar-refractivity contribution in [3.05, 3.63) is 29.3 Å². The summed E-state index contributed by atoms with van der Waals surface area (Å²) in [4.78, 5) is 2.09. The first-order valence-corrected chi connectivity index (χ1v) is 5.94. The highest BCUT2D eigenvalue weighted by Gasteiger charge is 2.31. The summed E-state index contributed by atoms with van der Waals surface area (Å²) in [5.41, 5.74) is 0.557. The number of piperazine rings is 1. The van der Waals surface area contributed by atoms with Crippen LogP contribution in [0.25, 0.3) is 0 Å². The van der Waals surface area contributed by atoms with Gasteiger partial charge in [0, 0.05) is 31.7 Å². The largest absolute Gasteiger partial charge is 0.464 e. The Hall–Kier alpha value is -1.24. The highest BCUT2D eigenvalue weighted by molar-refractivity contribution is 5.38. The normalized spacial score (nSPS) is 24.4. The Balaban J connectivity index is 1.94. The molecule has 2 aliphatic heterocycles. The highest BCUT2D eigenvalue weighted by Crippen LogP contribution is 2.37. The van der Waals surface area contributed by atoms with Crippen molar-refractivity contribution in [1.29, 1.82) is 0 Å². The molecular weight excluding hydrogens is 242 g/mol. The Kier molecular flexibility index (Phi) is 3.15. The molecule has 98 valence electrons. The highest BCUT2D eigenvalue weighted by atomic mass is 19.2. The molecule has 0 radical (unpaired) electrons. The van der Waals surface area contributed by atoms with Gasteiger partial charge in [0.05, 0.1) is 0 Å². The number of hydrogen-bond acceptors (Lipinski definition) is 4. The van der Waals surface area contributed by atoms with Crippen LogP contribution in [0.5, 0.6) is 5.75 Å². The lowest BCUT2D eigenvalue weighted by atomic mass is 10.1. The van der Waals surface area contributed by atoms with E-state index >= 15 is 0 Å². The van der Waals surface area contributed by atoms with E-state index in [4.69, 9.17) is 9.47 Å². The first-order valence-electron chi connectivity index (χ1n) is 5.94. The SMILES string of the molecule is Fc1ccc2c(c1F)OCOC2N1CCNCC1. The van der Waals surface area contributed by atoms with E-state index in [-0.39, 0.29) is 18.8 Å². The Morgan fingerprint density at radius 1 is 1.22 bits per heavy atom. The number of nitrogens with one attached hydrogen (secondary N) is 1. The number of halogens is 2. The second kappa shape index (κ2) is 4.79. The van der Waals surface area contributed by atoms with E-state index in [9.17, 15) is 8.78 Å². The summed E-state index contributed by atoms with van der Waals surface area (Å²) in [6, 6.07) is 2.64. The summed E-state index contributed by atoms with van der Waals surface area (Å²) in [7, 11) is 0. The van der Waals surface area contributed by atoms with E-state index in [1.807, 2.05) is 0 Å². The van der Waals surface area contributed by atoms with Crippen molar-refractivity contribution in [3.8, 4) is 5.75 Å². The lowest BCUT2D eigenvalue weighted by molar-refractivity contribution is -0.135. The maximum atomic E-state index is 13.6. The quantitative estimate of drug-likeness (QED) is 0.819. The van der Waals surface area contributed by atoms with Gasteiger partial charge in [0.2, 0.25) is 5.82 Å². The average Bonchev–Trinajstić information content (AvgIpc) is 2.43. The fourth-order valence-electron chi connectivity index (χ4n) is 2.35. The molecule has 6 heteroatoms. The van der Waals surface area contributed by atoms with Crippen molar-refractivity contribution >= 4 is 0 Å². The van der Waals surface area contributed by atoms with Crippen LogP contribution in [0.15, 0.2) is 12.1 Å². The van der Waals surface area contributed by atoms with Crippen molar-refractivity contribution in [2.45, 2.75) is 6.23 Å². The maximum Gasteiger partial charge on any atom is 0.201 e. The third kappa shape index (κ3) is 1.96. The topological polar surface area (TPSA) is 33.7 Å². The molecule has 1 atom stereocenters. The molecule has 0 bridgehead atoms. The molecule has 1 fully saturated rings. The van der Waals surface area contributed by atoms with Crippen molar-refractivity contribution in [2.75, 3.05) is 33.0 Å². The lowest BCUT2D eigenvalue weighted by Gasteiger charge is -2.37. The van der Waals surface area contributed by atoms with Gasteiger partial charge in [0.1, 0.15) is 6.23 Å². The Bertz CT molecular complexity index is 450. The molecule has 1 unspecified atom stereocenters. The van der Waals surface area contributed by atoms with Crippen LogP contribution in [-0.4, -0.2) is 37.9 Å². The molecule has 1 aromatic rings. The van der Waals surface area contributed by atoms with Crippen LogP contribution in [0.4, 0.5) is 8.78 Å². The number of rotatable bonds is 1. The number of fused-ring (bicyclic) bond motifs is 1. The molecule has 1 saturated heterocycles. The van der Waals surface area contributed by atoms with Gasteiger partial charge in [-0.15, -0.1) is 0 Å². The van der Waals surface area contributed by atoms with Crippen molar-refractivity contribution in [2.24, 2.45) is 0 Å². The third-order valence-electron chi connectivity index (χ3n) is 3.26. The first kappa shape index (κ1) is 11.8. The molecule has 18 heavy (non-hydrogen) atoms. The van der Waals surface area contributed by atoms with E-state index in [2.05, 4.69) is 10.2 Å².